The molecule has 114 valence electrons. The monoisotopic (exact) mass is 367 g/mol. The fourth-order valence-electron chi connectivity index (χ4n) is 2.20. The zero-order valence-electron chi connectivity index (χ0n) is 12.5. The number of nitrogens with zero attached hydrogens (tertiary/aromatic N) is 1. The molecule has 3 rings (SSSR count). The van der Waals surface area contributed by atoms with Crippen LogP contribution >= 0.6 is 15.9 Å². The van der Waals surface area contributed by atoms with Crippen LogP contribution in [0.3, 0.4) is 0 Å². The first-order valence-corrected chi connectivity index (χ1v) is 7.92. The molecule has 0 saturated carbocycles. The molecule has 3 nitrogen and oxygen atoms in total. The maximum Gasteiger partial charge on any atom is 0.343 e. The number of carbonyl (C=O) groups is 1. The van der Waals surface area contributed by atoms with Crippen LogP contribution in [-0.4, -0.2) is 11.0 Å². The largest absolute Gasteiger partial charge is 0.422 e. The van der Waals surface area contributed by atoms with Gasteiger partial charge in [0.25, 0.3) is 0 Å². The minimum absolute atomic E-state index is 0.390. The fraction of sp³-hybridized carbons (Fsp3) is 0.0526. The zero-order valence-corrected chi connectivity index (χ0v) is 14.1. The predicted octanol–water partition coefficient (Wildman–Crippen LogP) is 5.04. The first-order chi connectivity index (χ1) is 11.1. The number of halogens is 1. The molecule has 0 N–H and O–H groups in total. The van der Waals surface area contributed by atoms with Gasteiger partial charge in [-0.1, -0.05) is 33.6 Å². The van der Waals surface area contributed by atoms with Crippen molar-refractivity contribution in [1.82, 2.24) is 4.98 Å². The molecular weight excluding hydrogens is 354 g/mol. The van der Waals surface area contributed by atoms with E-state index in [1.165, 1.54) is 0 Å². The topological polar surface area (TPSA) is 39.2 Å². The molecule has 0 amide bonds. The maximum absolute atomic E-state index is 12.3. The lowest BCUT2D eigenvalue weighted by Crippen LogP contribution is -2.09. The van der Waals surface area contributed by atoms with Gasteiger partial charge < -0.3 is 4.74 Å². The summed E-state index contributed by atoms with van der Waals surface area (Å²) in [5.41, 5.74) is 3.15. The standard InChI is InChI=1S/C19H14BrNO2/c1-13-5-10-18(16(12-13)17-4-2-3-11-21-17)23-19(22)14-6-8-15(20)9-7-14/h2-12H,1H3. The first-order valence-electron chi connectivity index (χ1n) is 7.13. The highest BCUT2D eigenvalue weighted by atomic mass is 79.9. The summed E-state index contributed by atoms with van der Waals surface area (Å²) in [6.45, 7) is 1.99. The number of esters is 1. The van der Waals surface area contributed by atoms with E-state index in [-0.39, 0.29) is 0 Å². The van der Waals surface area contributed by atoms with Crippen molar-refractivity contribution in [2.24, 2.45) is 0 Å². The highest BCUT2D eigenvalue weighted by Gasteiger charge is 2.13. The molecule has 0 aliphatic carbocycles. The summed E-state index contributed by atoms with van der Waals surface area (Å²) < 4.78 is 6.50. The van der Waals surface area contributed by atoms with Crippen LogP contribution in [0, 0.1) is 6.92 Å². The highest BCUT2D eigenvalue weighted by Crippen LogP contribution is 2.30. The molecule has 0 radical (unpaired) electrons. The Morgan fingerprint density at radius 1 is 1.04 bits per heavy atom. The third-order valence-corrected chi connectivity index (χ3v) is 3.89. The lowest BCUT2D eigenvalue weighted by atomic mass is 10.1. The molecule has 0 aliphatic rings. The van der Waals surface area contributed by atoms with Crippen molar-refractivity contribution in [3.8, 4) is 17.0 Å². The Bertz CT molecular complexity index is 830. The number of benzene rings is 2. The molecule has 0 fully saturated rings. The van der Waals surface area contributed by atoms with Crippen molar-refractivity contribution in [2.45, 2.75) is 6.92 Å². The van der Waals surface area contributed by atoms with Gasteiger partial charge in [-0.05, 0) is 55.5 Å². The van der Waals surface area contributed by atoms with Gasteiger partial charge >= 0.3 is 5.97 Å². The average Bonchev–Trinajstić information content (AvgIpc) is 2.58. The van der Waals surface area contributed by atoms with Gasteiger partial charge in [-0.15, -0.1) is 0 Å². The second-order valence-electron chi connectivity index (χ2n) is 5.11. The first kappa shape index (κ1) is 15.4. The van der Waals surface area contributed by atoms with Crippen molar-refractivity contribution in [2.75, 3.05) is 0 Å². The number of carbonyl (C=O) groups excluding carboxylic acids is 1. The Labute approximate surface area is 143 Å². The number of pyridine rings is 1. The Kier molecular flexibility index (Phi) is 4.53. The van der Waals surface area contributed by atoms with E-state index < -0.39 is 5.97 Å². The number of hydrogen-bond donors (Lipinski definition) is 0. The lowest BCUT2D eigenvalue weighted by molar-refractivity contribution is 0.0735. The summed E-state index contributed by atoms with van der Waals surface area (Å²) in [6.07, 6.45) is 1.72. The molecule has 4 heteroatoms. The molecule has 0 aliphatic heterocycles. The number of hydrogen-bond acceptors (Lipinski definition) is 3. The van der Waals surface area contributed by atoms with E-state index in [4.69, 9.17) is 4.74 Å². The van der Waals surface area contributed by atoms with Crippen molar-refractivity contribution < 1.29 is 9.53 Å². The highest BCUT2D eigenvalue weighted by molar-refractivity contribution is 9.10. The summed E-state index contributed by atoms with van der Waals surface area (Å²) >= 11 is 3.35. The Morgan fingerprint density at radius 2 is 1.83 bits per heavy atom. The summed E-state index contributed by atoms with van der Waals surface area (Å²) in [6, 6.07) is 18.4. The SMILES string of the molecule is Cc1ccc(OC(=O)c2ccc(Br)cc2)c(-c2ccccn2)c1. The van der Waals surface area contributed by atoms with Gasteiger partial charge in [0.2, 0.25) is 0 Å². The van der Waals surface area contributed by atoms with Crippen molar-refractivity contribution in [1.29, 1.82) is 0 Å². The molecule has 23 heavy (non-hydrogen) atoms. The molecule has 1 aromatic heterocycles. The summed E-state index contributed by atoms with van der Waals surface area (Å²) in [4.78, 5) is 16.7. The summed E-state index contributed by atoms with van der Waals surface area (Å²) in [5, 5.41) is 0. The smallest absolute Gasteiger partial charge is 0.343 e. The van der Waals surface area contributed by atoms with Crippen LogP contribution in [-0.2, 0) is 0 Å². The normalized spacial score (nSPS) is 10.3. The predicted molar refractivity (Wildman–Crippen MR) is 93.5 cm³/mol. The third-order valence-electron chi connectivity index (χ3n) is 3.36. The Hall–Kier alpha value is -2.46. The summed E-state index contributed by atoms with van der Waals surface area (Å²) in [5.74, 6) is 0.112. The van der Waals surface area contributed by atoms with Crippen LogP contribution in [0.2, 0.25) is 0 Å². The van der Waals surface area contributed by atoms with E-state index >= 15 is 0 Å². The van der Waals surface area contributed by atoms with E-state index in [0.29, 0.717) is 11.3 Å². The van der Waals surface area contributed by atoms with Gasteiger partial charge in [-0.2, -0.15) is 0 Å². The zero-order chi connectivity index (χ0) is 16.2. The molecule has 2 aromatic carbocycles. The number of aryl methyl sites for hydroxylation is 1. The van der Waals surface area contributed by atoms with Gasteiger partial charge in [-0.25, -0.2) is 4.79 Å². The van der Waals surface area contributed by atoms with Crippen LogP contribution < -0.4 is 4.74 Å². The van der Waals surface area contributed by atoms with Crippen LogP contribution in [0.1, 0.15) is 15.9 Å². The molecule has 0 saturated heterocycles. The van der Waals surface area contributed by atoms with Gasteiger partial charge in [-0.3, -0.25) is 4.98 Å². The van der Waals surface area contributed by atoms with Crippen LogP contribution in [0.15, 0.2) is 71.3 Å². The van der Waals surface area contributed by atoms with Gasteiger partial charge in [0.1, 0.15) is 5.75 Å². The lowest BCUT2D eigenvalue weighted by Gasteiger charge is -2.11. The van der Waals surface area contributed by atoms with E-state index in [9.17, 15) is 4.79 Å². The molecule has 0 spiro atoms. The fourth-order valence-corrected chi connectivity index (χ4v) is 2.46. The van der Waals surface area contributed by atoms with E-state index in [1.54, 1.807) is 24.4 Å². The molecular formula is C19H14BrNO2. The Morgan fingerprint density at radius 3 is 2.52 bits per heavy atom. The minimum atomic E-state index is -0.390. The summed E-state index contributed by atoms with van der Waals surface area (Å²) in [7, 11) is 0. The van der Waals surface area contributed by atoms with Crippen LogP contribution in [0.25, 0.3) is 11.3 Å². The van der Waals surface area contributed by atoms with Crippen molar-refractivity contribution >= 4 is 21.9 Å². The molecule has 1 heterocycles. The number of aromatic nitrogens is 1. The number of ether oxygens (including phenoxy) is 1. The second kappa shape index (κ2) is 6.75. The maximum atomic E-state index is 12.3. The number of rotatable bonds is 3. The van der Waals surface area contributed by atoms with Gasteiger partial charge in [0.05, 0.1) is 11.3 Å². The van der Waals surface area contributed by atoms with Crippen molar-refractivity contribution in [3.05, 3.63) is 82.5 Å². The van der Waals surface area contributed by atoms with Gasteiger partial charge in [0, 0.05) is 16.2 Å². The van der Waals surface area contributed by atoms with E-state index in [0.717, 1.165) is 21.3 Å². The van der Waals surface area contributed by atoms with Crippen LogP contribution in [0.4, 0.5) is 0 Å². The third kappa shape index (κ3) is 3.66. The molecule has 0 atom stereocenters. The Balaban J connectivity index is 1.94. The van der Waals surface area contributed by atoms with E-state index in [1.807, 2.05) is 49.4 Å². The molecule has 0 unspecified atom stereocenters. The van der Waals surface area contributed by atoms with Crippen molar-refractivity contribution in [3.63, 3.8) is 0 Å². The van der Waals surface area contributed by atoms with Gasteiger partial charge in [0.15, 0.2) is 0 Å². The quantitative estimate of drug-likeness (QED) is 0.480. The van der Waals surface area contributed by atoms with E-state index in [2.05, 4.69) is 20.9 Å². The average molecular weight is 368 g/mol. The molecule has 0 bridgehead atoms. The molecule has 3 aromatic rings. The van der Waals surface area contributed by atoms with Crippen LogP contribution in [0.5, 0.6) is 5.75 Å². The second-order valence-corrected chi connectivity index (χ2v) is 6.03. The minimum Gasteiger partial charge on any atom is -0.422 e.